The number of amides is 3. The van der Waals surface area contributed by atoms with Crippen LogP contribution >= 0.6 is 11.6 Å². The van der Waals surface area contributed by atoms with Crippen LogP contribution in [0, 0.1) is 0 Å². The molecule has 3 amide bonds. The molecule has 0 saturated heterocycles. The molecule has 0 radical (unpaired) electrons. The average molecular weight is 352 g/mol. The maximum atomic E-state index is 11.9. The van der Waals surface area contributed by atoms with Crippen LogP contribution in [-0.2, 0) is 11.3 Å². The van der Waals surface area contributed by atoms with E-state index in [9.17, 15) is 27.6 Å². The van der Waals surface area contributed by atoms with Crippen molar-refractivity contribution in [2.45, 2.75) is 12.7 Å². The number of carbonyl (C=O) groups is 2. The third kappa shape index (κ3) is 4.49. The zero-order valence-corrected chi connectivity index (χ0v) is 12.0. The van der Waals surface area contributed by atoms with E-state index in [0.717, 1.165) is 4.57 Å². The van der Waals surface area contributed by atoms with Crippen LogP contribution in [0.25, 0.3) is 11.1 Å². The summed E-state index contributed by atoms with van der Waals surface area (Å²) in [5.41, 5.74) is 0.391. The predicted molar refractivity (Wildman–Crippen MR) is 73.1 cm³/mol. The fourth-order valence-corrected chi connectivity index (χ4v) is 1.89. The Hall–Kier alpha value is -2.49. The van der Waals surface area contributed by atoms with Crippen molar-refractivity contribution in [2.24, 2.45) is 0 Å². The monoisotopic (exact) mass is 351 g/mol. The molecule has 23 heavy (non-hydrogen) atoms. The van der Waals surface area contributed by atoms with Gasteiger partial charge in [-0.2, -0.15) is 13.2 Å². The molecule has 0 bridgehead atoms. The minimum atomic E-state index is -4.60. The van der Waals surface area contributed by atoms with Crippen LogP contribution in [0.15, 0.2) is 27.4 Å². The fraction of sp³-hybridized carbons (Fsp3) is 0.250. The third-order valence-corrected chi connectivity index (χ3v) is 2.87. The molecule has 0 aliphatic carbocycles. The van der Waals surface area contributed by atoms with E-state index in [-0.39, 0.29) is 11.1 Å². The van der Waals surface area contributed by atoms with Crippen molar-refractivity contribution in [1.82, 2.24) is 15.2 Å². The number of fused-ring (bicyclic) bond motifs is 1. The van der Waals surface area contributed by atoms with E-state index in [4.69, 9.17) is 16.0 Å². The molecule has 0 fully saturated rings. The zero-order chi connectivity index (χ0) is 17.2. The van der Waals surface area contributed by atoms with Gasteiger partial charge in [0.25, 0.3) is 0 Å². The smallest absolute Gasteiger partial charge is 0.408 e. The van der Waals surface area contributed by atoms with Crippen molar-refractivity contribution < 1.29 is 27.2 Å². The Labute approximate surface area is 131 Å². The molecule has 0 saturated carbocycles. The second kappa shape index (κ2) is 6.32. The molecule has 124 valence electrons. The lowest BCUT2D eigenvalue weighted by molar-refractivity contribution is -0.124. The summed E-state index contributed by atoms with van der Waals surface area (Å²) >= 11 is 5.73. The standard InChI is InChI=1S/C12H9ClF3N3O4/c13-6-1-2-7-8(3-6)23-11(22)19(7)4-9(20)18-10(21)17-5-12(14,15)16/h1-3H,4-5H2,(H2,17,18,20,21). The Morgan fingerprint density at radius 2 is 2.00 bits per heavy atom. The van der Waals surface area contributed by atoms with Gasteiger partial charge in [-0.05, 0) is 12.1 Å². The third-order valence-electron chi connectivity index (χ3n) is 2.63. The molecule has 0 atom stereocenters. The number of nitrogens with one attached hydrogen (secondary N) is 2. The van der Waals surface area contributed by atoms with E-state index < -0.39 is 37.0 Å². The molecule has 11 heteroatoms. The van der Waals surface area contributed by atoms with Crippen molar-refractivity contribution in [1.29, 1.82) is 0 Å². The van der Waals surface area contributed by atoms with Crippen molar-refractivity contribution in [3.05, 3.63) is 33.8 Å². The lowest BCUT2D eigenvalue weighted by Gasteiger charge is -2.09. The maximum absolute atomic E-state index is 11.9. The highest BCUT2D eigenvalue weighted by Gasteiger charge is 2.28. The normalized spacial score (nSPS) is 11.5. The van der Waals surface area contributed by atoms with E-state index in [1.165, 1.54) is 23.5 Å². The highest BCUT2D eigenvalue weighted by molar-refractivity contribution is 6.31. The molecule has 1 heterocycles. The first-order valence-electron chi connectivity index (χ1n) is 6.09. The zero-order valence-electron chi connectivity index (χ0n) is 11.2. The van der Waals surface area contributed by atoms with E-state index >= 15 is 0 Å². The molecule has 2 N–H and O–H groups in total. The number of halogens is 4. The number of hydrogen-bond acceptors (Lipinski definition) is 4. The molecule has 7 nitrogen and oxygen atoms in total. The number of alkyl halides is 3. The topological polar surface area (TPSA) is 93.3 Å². The van der Waals surface area contributed by atoms with E-state index in [0.29, 0.717) is 5.02 Å². The van der Waals surface area contributed by atoms with Crippen molar-refractivity contribution >= 4 is 34.6 Å². The van der Waals surface area contributed by atoms with Gasteiger partial charge >= 0.3 is 18.0 Å². The number of oxazole rings is 1. The number of nitrogens with zero attached hydrogens (tertiary/aromatic N) is 1. The predicted octanol–water partition coefficient (Wildman–Crippen LogP) is 1.64. The van der Waals surface area contributed by atoms with Crippen LogP contribution in [0.1, 0.15) is 0 Å². The van der Waals surface area contributed by atoms with Gasteiger partial charge in [0.1, 0.15) is 13.1 Å². The van der Waals surface area contributed by atoms with Gasteiger partial charge in [-0.3, -0.25) is 14.7 Å². The first-order chi connectivity index (χ1) is 10.7. The molecular formula is C12H9ClF3N3O4. The van der Waals surface area contributed by atoms with Crippen LogP contribution in [-0.4, -0.2) is 29.2 Å². The average Bonchev–Trinajstić information content (AvgIpc) is 2.71. The molecule has 1 aromatic carbocycles. The summed E-state index contributed by atoms with van der Waals surface area (Å²) in [5, 5.41) is 3.46. The number of benzene rings is 1. The van der Waals surface area contributed by atoms with Gasteiger partial charge in [-0.15, -0.1) is 0 Å². The van der Waals surface area contributed by atoms with Gasteiger partial charge in [0.15, 0.2) is 5.58 Å². The quantitative estimate of drug-likeness (QED) is 0.879. The Morgan fingerprint density at radius 1 is 1.30 bits per heavy atom. The summed E-state index contributed by atoms with van der Waals surface area (Å²) < 4.78 is 41.6. The van der Waals surface area contributed by atoms with E-state index in [1.54, 1.807) is 5.32 Å². The number of hydrogen-bond donors (Lipinski definition) is 2. The van der Waals surface area contributed by atoms with Crippen LogP contribution in [0.5, 0.6) is 0 Å². The highest BCUT2D eigenvalue weighted by atomic mass is 35.5. The molecular weight excluding hydrogens is 343 g/mol. The Morgan fingerprint density at radius 3 is 2.65 bits per heavy atom. The van der Waals surface area contributed by atoms with Crippen LogP contribution < -0.4 is 16.4 Å². The van der Waals surface area contributed by atoms with Crippen molar-refractivity contribution in [3.8, 4) is 0 Å². The molecule has 0 unspecified atom stereocenters. The summed E-state index contributed by atoms with van der Waals surface area (Å²) in [6.45, 7) is -2.19. The summed E-state index contributed by atoms with van der Waals surface area (Å²) in [6.07, 6.45) is -4.60. The van der Waals surface area contributed by atoms with Gasteiger partial charge in [0.05, 0.1) is 5.52 Å². The molecule has 2 aromatic rings. The van der Waals surface area contributed by atoms with Gasteiger partial charge in [-0.25, -0.2) is 9.59 Å². The minimum absolute atomic E-state index is 0.136. The first-order valence-corrected chi connectivity index (χ1v) is 6.47. The molecule has 0 aliphatic heterocycles. The van der Waals surface area contributed by atoms with E-state index in [1.807, 2.05) is 0 Å². The maximum Gasteiger partial charge on any atom is 0.420 e. The second-order valence-corrected chi connectivity index (χ2v) is 4.85. The molecule has 0 spiro atoms. The number of carbonyl (C=O) groups excluding carboxylic acids is 2. The van der Waals surface area contributed by atoms with Crippen molar-refractivity contribution in [2.75, 3.05) is 6.54 Å². The van der Waals surface area contributed by atoms with Gasteiger partial charge in [0, 0.05) is 11.1 Å². The lowest BCUT2D eigenvalue weighted by atomic mass is 10.3. The SMILES string of the molecule is O=C(Cn1c(=O)oc2cc(Cl)ccc21)NC(=O)NCC(F)(F)F. The molecule has 2 rings (SSSR count). The largest absolute Gasteiger partial charge is 0.420 e. The Bertz CT molecular complexity index is 812. The van der Waals surface area contributed by atoms with Crippen LogP contribution in [0.3, 0.4) is 0 Å². The van der Waals surface area contributed by atoms with E-state index in [2.05, 4.69) is 0 Å². The lowest BCUT2D eigenvalue weighted by Crippen LogP contribution is -2.44. The molecule has 0 aliphatic rings. The summed E-state index contributed by atoms with van der Waals surface area (Å²) in [6, 6.07) is 2.93. The van der Waals surface area contributed by atoms with Crippen LogP contribution in [0.4, 0.5) is 18.0 Å². The number of urea groups is 1. The summed E-state index contributed by atoms with van der Waals surface area (Å²) in [5.74, 6) is -1.85. The molecule has 1 aromatic heterocycles. The number of rotatable bonds is 3. The Kier molecular flexibility index (Phi) is 4.64. The summed E-state index contributed by atoms with van der Waals surface area (Å²) in [4.78, 5) is 34.4. The fourth-order valence-electron chi connectivity index (χ4n) is 1.72. The first kappa shape index (κ1) is 16.9. The van der Waals surface area contributed by atoms with Gasteiger partial charge < -0.3 is 9.73 Å². The van der Waals surface area contributed by atoms with Crippen molar-refractivity contribution in [3.63, 3.8) is 0 Å². The number of imide groups is 1. The number of aromatic nitrogens is 1. The highest BCUT2D eigenvalue weighted by Crippen LogP contribution is 2.18. The van der Waals surface area contributed by atoms with Gasteiger partial charge in [-0.1, -0.05) is 11.6 Å². The second-order valence-electron chi connectivity index (χ2n) is 4.41. The van der Waals surface area contributed by atoms with Gasteiger partial charge in [0.2, 0.25) is 5.91 Å². The Balaban J connectivity index is 2.05. The summed E-state index contributed by atoms with van der Waals surface area (Å²) in [7, 11) is 0. The van der Waals surface area contributed by atoms with Crippen LogP contribution in [0.2, 0.25) is 5.02 Å². The minimum Gasteiger partial charge on any atom is -0.408 e.